The van der Waals surface area contributed by atoms with Gasteiger partial charge in [-0.3, -0.25) is 4.98 Å². The largest absolute Gasteiger partial charge is 0.396 e. The molecule has 0 fully saturated rings. The molecule has 0 aliphatic carbocycles. The second kappa shape index (κ2) is 4.71. The minimum absolute atomic E-state index is 0.0290. The van der Waals surface area contributed by atoms with E-state index in [2.05, 4.69) is 4.98 Å². The molecular weight excluding hydrogens is 221 g/mol. The summed E-state index contributed by atoms with van der Waals surface area (Å²) in [6, 6.07) is 7.40. The highest BCUT2D eigenvalue weighted by Crippen LogP contribution is 2.12. The van der Waals surface area contributed by atoms with Gasteiger partial charge >= 0.3 is 5.91 Å². The molecule has 0 aliphatic rings. The average molecular weight is 232 g/mol. The maximum absolute atomic E-state index is 12.9. The van der Waals surface area contributed by atoms with Gasteiger partial charge in [0.05, 0.1) is 11.3 Å². The van der Waals surface area contributed by atoms with Crippen LogP contribution in [-0.2, 0) is 0 Å². The van der Waals surface area contributed by atoms with Crippen LogP contribution in [0.4, 0.5) is 15.8 Å². The molecule has 4 N–H and O–H groups in total. The summed E-state index contributed by atoms with van der Waals surface area (Å²) >= 11 is 0. The van der Waals surface area contributed by atoms with E-state index >= 15 is 0 Å². The van der Waals surface area contributed by atoms with Crippen molar-refractivity contribution in [3.05, 3.63) is 54.1 Å². The molecule has 1 aromatic carbocycles. The first kappa shape index (κ1) is 11.2. The van der Waals surface area contributed by atoms with Crippen LogP contribution >= 0.6 is 0 Å². The van der Waals surface area contributed by atoms with Gasteiger partial charge in [0.15, 0.2) is 0 Å². The van der Waals surface area contributed by atoms with Crippen molar-refractivity contribution in [2.24, 2.45) is 0 Å². The van der Waals surface area contributed by atoms with Gasteiger partial charge in [0.2, 0.25) is 0 Å². The zero-order valence-corrected chi connectivity index (χ0v) is 8.93. The van der Waals surface area contributed by atoms with Gasteiger partial charge in [0.25, 0.3) is 0 Å². The fourth-order valence-electron chi connectivity index (χ4n) is 1.40. The van der Waals surface area contributed by atoms with E-state index in [1.807, 2.05) is 0 Å². The van der Waals surface area contributed by atoms with E-state index in [4.69, 9.17) is 5.73 Å². The number of hydrogen-bond acceptors (Lipinski definition) is 3. The lowest BCUT2D eigenvalue weighted by Crippen LogP contribution is -2.82. The lowest BCUT2D eigenvalue weighted by molar-refractivity contribution is -0.464. The molecule has 0 saturated heterocycles. The number of benzene rings is 1. The van der Waals surface area contributed by atoms with Crippen LogP contribution in [0.3, 0.4) is 0 Å². The fourth-order valence-corrected chi connectivity index (χ4v) is 1.40. The predicted octanol–water partition coefficient (Wildman–Crippen LogP) is 0.838. The number of halogens is 1. The topological polar surface area (TPSA) is 72.6 Å². The first-order valence-electron chi connectivity index (χ1n) is 5.01. The summed E-state index contributed by atoms with van der Waals surface area (Å²) in [7, 11) is 0. The summed E-state index contributed by atoms with van der Waals surface area (Å²) in [4.78, 5) is 15.6. The molecule has 5 heteroatoms. The first-order valence-corrected chi connectivity index (χ1v) is 5.01. The van der Waals surface area contributed by atoms with Gasteiger partial charge in [-0.15, -0.1) is 0 Å². The number of nitrogens with zero attached hydrogens (tertiary/aromatic N) is 1. The average Bonchev–Trinajstić information content (AvgIpc) is 2.35. The lowest BCUT2D eigenvalue weighted by atomic mass is 10.2. The maximum atomic E-state index is 12.9. The number of carbonyl (C=O) groups is 1. The third-order valence-electron chi connectivity index (χ3n) is 2.28. The Kier molecular flexibility index (Phi) is 3.11. The second-order valence-electron chi connectivity index (χ2n) is 3.53. The van der Waals surface area contributed by atoms with E-state index in [0.717, 1.165) is 0 Å². The Morgan fingerprint density at radius 1 is 1.24 bits per heavy atom. The minimum Gasteiger partial charge on any atom is -0.396 e. The molecule has 1 aromatic heterocycles. The van der Waals surface area contributed by atoms with E-state index in [1.54, 1.807) is 24.5 Å². The van der Waals surface area contributed by atoms with Crippen molar-refractivity contribution in [1.29, 1.82) is 0 Å². The van der Waals surface area contributed by atoms with Crippen LogP contribution in [0, 0.1) is 5.82 Å². The Morgan fingerprint density at radius 2 is 1.94 bits per heavy atom. The molecule has 0 unspecified atom stereocenters. The number of hydrogen-bond donors (Lipinski definition) is 2. The molecule has 1 heterocycles. The van der Waals surface area contributed by atoms with Gasteiger partial charge < -0.3 is 5.73 Å². The van der Waals surface area contributed by atoms with Crippen LogP contribution in [0.5, 0.6) is 0 Å². The van der Waals surface area contributed by atoms with Crippen molar-refractivity contribution in [2.75, 3.05) is 5.73 Å². The summed E-state index contributed by atoms with van der Waals surface area (Å²) in [5.41, 5.74) is 6.55. The molecule has 0 radical (unpaired) electrons. The zero-order chi connectivity index (χ0) is 12.3. The van der Waals surface area contributed by atoms with Crippen molar-refractivity contribution < 1.29 is 14.5 Å². The highest BCUT2D eigenvalue weighted by molar-refractivity contribution is 5.87. The monoisotopic (exact) mass is 232 g/mol. The third-order valence-corrected chi connectivity index (χ3v) is 2.28. The molecule has 0 aliphatic heterocycles. The predicted molar refractivity (Wildman–Crippen MR) is 61.0 cm³/mol. The maximum Gasteiger partial charge on any atom is 0.347 e. The molecule has 2 aromatic rings. The standard InChI is InChI=1S/C12H10FN3O/c13-10-2-1-9(7-11(10)14)16-12(17)8-3-5-15-6-4-8/h1-7H,14H2,(H,16,17)/p+1. The van der Waals surface area contributed by atoms with Crippen molar-refractivity contribution in [3.8, 4) is 0 Å². The number of aromatic nitrogens is 1. The molecule has 0 atom stereocenters. The highest BCUT2D eigenvalue weighted by Gasteiger charge is 2.11. The minimum atomic E-state index is -0.487. The third kappa shape index (κ3) is 2.64. The van der Waals surface area contributed by atoms with E-state index in [1.165, 1.54) is 23.5 Å². The Hall–Kier alpha value is -2.27. The fraction of sp³-hybridized carbons (Fsp3) is 0. The van der Waals surface area contributed by atoms with Gasteiger partial charge in [0, 0.05) is 24.5 Å². The quantitative estimate of drug-likeness (QED) is 0.753. The SMILES string of the molecule is Nc1cc([NH2+]C(=O)c2ccncc2)ccc1F. The number of carbonyl (C=O) groups excluding carboxylic acids is 1. The van der Waals surface area contributed by atoms with Gasteiger partial charge in [-0.25, -0.2) is 14.5 Å². The molecule has 1 amide bonds. The number of amides is 1. The van der Waals surface area contributed by atoms with Gasteiger partial charge in [-0.05, 0) is 18.2 Å². The molecule has 4 nitrogen and oxygen atoms in total. The summed E-state index contributed by atoms with van der Waals surface area (Å²) in [6.45, 7) is 0. The number of quaternary nitrogens is 1. The Labute approximate surface area is 97.3 Å². The van der Waals surface area contributed by atoms with Crippen molar-refractivity contribution in [1.82, 2.24) is 4.98 Å². The summed E-state index contributed by atoms with van der Waals surface area (Å²) < 4.78 is 12.9. The van der Waals surface area contributed by atoms with Crippen LogP contribution in [0.2, 0.25) is 0 Å². The van der Waals surface area contributed by atoms with E-state index < -0.39 is 5.82 Å². The smallest absolute Gasteiger partial charge is 0.347 e. The van der Waals surface area contributed by atoms with Crippen LogP contribution in [0.25, 0.3) is 0 Å². The summed E-state index contributed by atoms with van der Waals surface area (Å²) in [6.07, 6.45) is 3.08. The Morgan fingerprint density at radius 3 is 2.59 bits per heavy atom. The summed E-state index contributed by atoms with van der Waals surface area (Å²) in [5.74, 6) is -0.656. The normalized spacial score (nSPS) is 10.2. The molecule has 86 valence electrons. The number of nitrogen functional groups attached to an aromatic ring is 1. The second-order valence-corrected chi connectivity index (χ2v) is 3.53. The van der Waals surface area contributed by atoms with E-state index in [-0.39, 0.29) is 11.6 Å². The van der Waals surface area contributed by atoms with Crippen molar-refractivity contribution in [3.63, 3.8) is 0 Å². The van der Waals surface area contributed by atoms with Crippen molar-refractivity contribution >= 4 is 17.3 Å². The number of rotatable bonds is 2. The van der Waals surface area contributed by atoms with Crippen LogP contribution < -0.4 is 11.1 Å². The molecule has 0 saturated carbocycles. The number of anilines is 1. The highest BCUT2D eigenvalue weighted by atomic mass is 19.1. The van der Waals surface area contributed by atoms with Crippen LogP contribution in [0.15, 0.2) is 42.7 Å². The molecular formula is C12H11FN3O+. The van der Waals surface area contributed by atoms with Crippen LogP contribution in [0.1, 0.15) is 10.4 Å². The molecule has 2 rings (SSSR count). The summed E-state index contributed by atoms with van der Waals surface area (Å²) in [5, 5.41) is 1.41. The number of primary amides is 1. The van der Waals surface area contributed by atoms with Gasteiger partial charge in [0.1, 0.15) is 11.5 Å². The number of pyridine rings is 1. The van der Waals surface area contributed by atoms with Gasteiger partial charge in [-0.1, -0.05) is 0 Å². The van der Waals surface area contributed by atoms with Gasteiger partial charge in [-0.2, -0.15) is 0 Å². The Bertz CT molecular complexity index is 543. The number of nitrogens with two attached hydrogens (primary N) is 2. The van der Waals surface area contributed by atoms with E-state index in [0.29, 0.717) is 11.3 Å². The molecule has 17 heavy (non-hydrogen) atoms. The molecule has 0 bridgehead atoms. The molecule has 0 spiro atoms. The zero-order valence-electron chi connectivity index (χ0n) is 8.93. The lowest BCUT2D eigenvalue weighted by Gasteiger charge is -2.01. The Balaban J connectivity index is 2.16. The first-order chi connectivity index (χ1) is 8.16. The van der Waals surface area contributed by atoms with E-state index in [9.17, 15) is 9.18 Å². The van der Waals surface area contributed by atoms with Crippen molar-refractivity contribution in [2.45, 2.75) is 0 Å². The van der Waals surface area contributed by atoms with Crippen LogP contribution in [-0.4, -0.2) is 10.9 Å².